The van der Waals surface area contributed by atoms with Crippen molar-refractivity contribution in [1.29, 1.82) is 0 Å². The molecule has 2 N–H and O–H groups in total. The topological polar surface area (TPSA) is 121 Å². The first-order valence-corrected chi connectivity index (χ1v) is 11.5. The number of nitrogens with zero attached hydrogens (tertiary/aromatic N) is 6. The van der Waals surface area contributed by atoms with Gasteiger partial charge in [-0.05, 0) is 37.1 Å². The van der Waals surface area contributed by atoms with E-state index in [1.807, 2.05) is 0 Å². The molecule has 0 spiro atoms. The van der Waals surface area contributed by atoms with Crippen LogP contribution in [-0.2, 0) is 0 Å². The summed E-state index contributed by atoms with van der Waals surface area (Å²) in [6, 6.07) is 11.2. The lowest BCUT2D eigenvalue weighted by atomic mass is 10.2. The van der Waals surface area contributed by atoms with Crippen molar-refractivity contribution >= 4 is 58.6 Å². The van der Waals surface area contributed by atoms with Gasteiger partial charge in [0.15, 0.2) is 0 Å². The minimum Gasteiger partial charge on any atom is -0.341 e. The highest BCUT2D eigenvalue weighted by atomic mass is 35.5. The number of nitrogens with one attached hydrogen (secondary N) is 2. The second kappa shape index (κ2) is 11.1. The van der Waals surface area contributed by atoms with E-state index in [4.69, 9.17) is 23.2 Å². The molecular weight excluding hydrogens is 479 g/mol. The molecule has 1 saturated heterocycles. The minimum atomic E-state index is -0.449. The highest BCUT2D eigenvalue weighted by Gasteiger charge is 2.16. The van der Waals surface area contributed by atoms with Gasteiger partial charge in [-0.2, -0.15) is 20.1 Å². The van der Waals surface area contributed by atoms with E-state index in [0.29, 0.717) is 27.2 Å². The maximum atomic E-state index is 10.9. The summed E-state index contributed by atoms with van der Waals surface area (Å²) in [5, 5.41) is 19.1. The molecule has 2 heterocycles. The molecular formula is C22H22Cl2N8O2. The van der Waals surface area contributed by atoms with Crippen molar-refractivity contribution < 1.29 is 4.92 Å². The summed E-state index contributed by atoms with van der Waals surface area (Å²) in [5.41, 5.74) is 4.01. The molecule has 0 saturated carbocycles. The third kappa shape index (κ3) is 6.09. The molecule has 0 atom stereocenters. The van der Waals surface area contributed by atoms with Crippen molar-refractivity contribution in [1.82, 2.24) is 15.0 Å². The maximum Gasteiger partial charge on any atom is 0.269 e. The van der Waals surface area contributed by atoms with Crippen molar-refractivity contribution in [3.8, 4) is 0 Å². The van der Waals surface area contributed by atoms with Crippen molar-refractivity contribution in [2.75, 3.05) is 28.7 Å². The fraction of sp³-hybridized carbons (Fsp3) is 0.273. The molecule has 3 aromatic rings. The van der Waals surface area contributed by atoms with Gasteiger partial charge in [0.2, 0.25) is 17.8 Å². The largest absolute Gasteiger partial charge is 0.341 e. The SMILES string of the molecule is O=[N+]([O-])c1ccc(Nc2nc(N/N=C/c3c(Cl)cccc3Cl)nc(N3CCCCCC3)n2)cc1. The number of nitro groups is 1. The third-order valence-electron chi connectivity index (χ3n) is 5.20. The summed E-state index contributed by atoms with van der Waals surface area (Å²) in [4.78, 5) is 26.1. The molecule has 0 bridgehead atoms. The number of anilines is 4. The van der Waals surface area contributed by atoms with Gasteiger partial charge in [-0.1, -0.05) is 42.1 Å². The van der Waals surface area contributed by atoms with Crippen LogP contribution >= 0.6 is 23.2 Å². The van der Waals surface area contributed by atoms with Crippen molar-refractivity contribution in [2.24, 2.45) is 5.10 Å². The summed E-state index contributed by atoms with van der Waals surface area (Å²) < 4.78 is 0. The summed E-state index contributed by atoms with van der Waals surface area (Å²) in [6.45, 7) is 1.69. The fourth-order valence-corrected chi connectivity index (χ4v) is 3.96. The minimum absolute atomic E-state index is 0.00128. The Labute approximate surface area is 206 Å². The lowest BCUT2D eigenvalue weighted by Crippen LogP contribution is -2.26. The third-order valence-corrected chi connectivity index (χ3v) is 5.86. The van der Waals surface area contributed by atoms with E-state index in [0.717, 1.165) is 25.9 Å². The van der Waals surface area contributed by atoms with E-state index < -0.39 is 4.92 Å². The monoisotopic (exact) mass is 500 g/mol. The van der Waals surface area contributed by atoms with Crippen LogP contribution in [0.3, 0.4) is 0 Å². The molecule has 0 radical (unpaired) electrons. The van der Waals surface area contributed by atoms with Gasteiger partial charge in [-0.15, -0.1) is 0 Å². The van der Waals surface area contributed by atoms with Gasteiger partial charge in [0.1, 0.15) is 0 Å². The average Bonchev–Trinajstić information content (AvgIpc) is 3.11. The first-order valence-electron chi connectivity index (χ1n) is 10.8. The van der Waals surface area contributed by atoms with Gasteiger partial charge in [-0.3, -0.25) is 10.1 Å². The molecule has 34 heavy (non-hydrogen) atoms. The lowest BCUT2D eigenvalue weighted by molar-refractivity contribution is -0.384. The molecule has 0 aliphatic carbocycles. The molecule has 4 rings (SSSR count). The van der Waals surface area contributed by atoms with Gasteiger partial charge in [0, 0.05) is 36.5 Å². The zero-order valence-corrected chi connectivity index (χ0v) is 19.6. The van der Waals surface area contributed by atoms with Gasteiger partial charge < -0.3 is 10.2 Å². The number of hydrazone groups is 1. The van der Waals surface area contributed by atoms with E-state index in [-0.39, 0.29) is 17.6 Å². The number of benzene rings is 2. The first kappa shape index (κ1) is 23.7. The second-order valence-corrected chi connectivity index (χ2v) is 8.43. The molecule has 0 amide bonds. The zero-order chi connectivity index (χ0) is 23.9. The summed E-state index contributed by atoms with van der Waals surface area (Å²) in [5.74, 6) is 1.05. The van der Waals surface area contributed by atoms with Crippen LogP contribution in [0.4, 0.5) is 29.2 Å². The second-order valence-electron chi connectivity index (χ2n) is 7.62. The van der Waals surface area contributed by atoms with Crippen LogP contribution in [0.2, 0.25) is 10.0 Å². The van der Waals surface area contributed by atoms with E-state index in [2.05, 4.69) is 35.7 Å². The fourth-order valence-electron chi connectivity index (χ4n) is 3.47. The van der Waals surface area contributed by atoms with Crippen LogP contribution in [0.25, 0.3) is 0 Å². The highest BCUT2D eigenvalue weighted by molar-refractivity contribution is 6.38. The average molecular weight is 501 g/mol. The number of halogens is 2. The van der Waals surface area contributed by atoms with Gasteiger partial charge in [0.05, 0.1) is 21.2 Å². The molecule has 176 valence electrons. The predicted octanol–water partition coefficient (Wildman–Crippen LogP) is 5.66. The zero-order valence-electron chi connectivity index (χ0n) is 18.1. The Bertz CT molecular complexity index is 1160. The van der Waals surface area contributed by atoms with Crippen LogP contribution in [0, 0.1) is 10.1 Å². The number of hydrogen-bond acceptors (Lipinski definition) is 9. The number of hydrogen-bond donors (Lipinski definition) is 2. The smallest absolute Gasteiger partial charge is 0.269 e. The predicted molar refractivity (Wildman–Crippen MR) is 135 cm³/mol. The number of nitro benzene ring substituents is 1. The van der Waals surface area contributed by atoms with Crippen LogP contribution in [0.1, 0.15) is 31.2 Å². The summed E-state index contributed by atoms with van der Waals surface area (Å²) in [7, 11) is 0. The van der Waals surface area contributed by atoms with Crippen molar-refractivity contribution in [3.05, 3.63) is 68.2 Å². The normalized spacial score (nSPS) is 14.1. The first-order chi connectivity index (χ1) is 16.5. The van der Waals surface area contributed by atoms with Crippen LogP contribution in [-0.4, -0.2) is 39.2 Å². The molecule has 1 aromatic heterocycles. The van der Waals surface area contributed by atoms with Crippen LogP contribution < -0.4 is 15.6 Å². The number of rotatable bonds is 7. The number of non-ortho nitro benzene ring substituents is 1. The van der Waals surface area contributed by atoms with E-state index in [9.17, 15) is 10.1 Å². The molecule has 1 fully saturated rings. The maximum absolute atomic E-state index is 10.9. The Balaban J connectivity index is 1.59. The van der Waals surface area contributed by atoms with E-state index in [1.165, 1.54) is 31.2 Å². The van der Waals surface area contributed by atoms with E-state index >= 15 is 0 Å². The Morgan fingerprint density at radius 3 is 2.24 bits per heavy atom. The van der Waals surface area contributed by atoms with Gasteiger partial charge >= 0.3 is 0 Å². The van der Waals surface area contributed by atoms with Gasteiger partial charge in [-0.25, -0.2) is 5.43 Å². The molecule has 10 nitrogen and oxygen atoms in total. The molecule has 1 aliphatic heterocycles. The van der Waals surface area contributed by atoms with Crippen molar-refractivity contribution in [2.45, 2.75) is 25.7 Å². The molecule has 2 aromatic carbocycles. The van der Waals surface area contributed by atoms with Crippen LogP contribution in [0.15, 0.2) is 47.6 Å². The standard InChI is InChI=1S/C22H22Cl2N8O2/c23-18-6-5-7-19(24)17(18)14-25-30-21-27-20(26-15-8-10-16(11-9-15)32(33)34)28-22(29-21)31-12-3-1-2-4-13-31/h5-11,14H,1-4,12-13H2,(H2,26,27,28,29,30)/b25-14+. The Morgan fingerprint density at radius 1 is 0.941 bits per heavy atom. The quantitative estimate of drug-likeness (QED) is 0.242. The highest BCUT2D eigenvalue weighted by Crippen LogP contribution is 2.24. The van der Waals surface area contributed by atoms with E-state index in [1.54, 1.807) is 30.3 Å². The summed E-state index contributed by atoms with van der Waals surface area (Å²) in [6.07, 6.45) is 5.96. The Kier molecular flexibility index (Phi) is 7.71. The summed E-state index contributed by atoms with van der Waals surface area (Å²) >= 11 is 12.4. The van der Waals surface area contributed by atoms with Gasteiger partial charge in [0.25, 0.3) is 5.69 Å². The Morgan fingerprint density at radius 2 is 1.59 bits per heavy atom. The van der Waals surface area contributed by atoms with Crippen molar-refractivity contribution in [3.63, 3.8) is 0 Å². The molecule has 1 aliphatic rings. The number of aromatic nitrogens is 3. The Hall–Kier alpha value is -3.50. The molecule has 0 unspecified atom stereocenters. The van der Waals surface area contributed by atoms with Crippen LogP contribution in [0.5, 0.6) is 0 Å². The molecule has 12 heteroatoms. The lowest BCUT2D eigenvalue weighted by Gasteiger charge is -2.21.